The van der Waals surface area contributed by atoms with Gasteiger partial charge in [-0.3, -0.25) is 4.79 Å². The smallest absolute Gasteiger partial charge is 0.221 e. The van der Waals surface area contributed by atoms with Gasteiger partial charge in [0.05, 0.1) is 6.42 Å². The van der Waals surface area contributed by atoms with Gasteiger partial charge in [-0.05, 0) is 12.5 Å². The number of hydrogen-bond donors (Lipinski definition) is 2. The van der Waals surface area contributed by atoms with Gasteiger partial charge >= 0.3 is 0 Å². The number of hydrogen-bond acceptors (Lipinski definition) is 2. The first-order chi connectivity index (χ1) is 8.56. The van der Waals surface area contributed by atoms with Gasteiger partial charge < -0.3 is 15.5 Å². The Kier molecular flexibility index (Phi) is 2.29. The van der Waals surface area contributed by atoms with Gasteiger partial charge in [-0.1, -0.05) is 0 Å². The van der Waals surface area contributed by atoms with Crippen LogP contribution < -0.4 is 10.5 Å². The molecule has 18 heavy (non-hydrogen) atoms. The van der Waals surface area contributed by atoms with Crippen LogP contribution in [-0.2, 0) is 17.6 Å². The van der Waals surface area contributed by atoms with E-state index in [0.717, 1.165) is 16.5 Å². The summed E-state index contributed by atoms with van der Waals surface area (Å²) in [6.45, 7) is 1.89. The zero-order valence-corrected chi connectivity index (χ0v) is 9.92. The first-order valence-corrected chi connectivity index (χ1v) is 5.82. The number of H-pyrrole nitrogens is 1. The maximum atomic E-state index is 13.8. The van der Waals surface area contributed by atoms with Crippen LogP contribution in [0.2, 0.25) is 0 Å². The average molecular weight is 248 g/mol. The van der Waals surface area contributed by atoms with Crippen LogP contribution in [0, 0.1) is 5.82 Å². The summed E-state index contributed by atoms with van der Waals surface area (Å²) in [5.74, 6) is -0.462. The Hall–Kier alpha value is -2.04. The molecule has 2 aromatic rings. The molecule has 5 heteroatoms. The lowest BCUT2D eigenvalue weighted by Crippen LogP contribution is -2.13. The van der Waals surface area contributed by atoms with E-state index in [4.69, 9.17) is 10.5 Å². The lowest BCUT2D eigenvalue weighted by Gasteiger charge is -2.04. The van der Waals surface area contributed by atoms with Gasteiger partial charge in [0.25, 0.3) is 0 Å². The fourth-order valence-electron chi connectivity index (χ4n) is 2.58. The number of aromatic amines is 1. The van der Waals surface area contributed by atoms with E-state index in [9.17, 15) is 9.18 Å². The lowest BCUT2D eigenvalue weighted by atomic mass is 10.0. The molecule has 1 aromatic carbocycles. The molecule has 1 aliphatic rings. The highest BCUT2D eigenvalue weighted by Gasteiger charge is 2.27. The fourth-order valence-corrected chi connectivity index (χ4v) is 2.58. The fraction of sp³-hybridized carbons (Fsp3) is 0.308. The number of benzene rings is 1. The summed E-state index contributed by atoms with van der Waals surface area (Å²) < 4.78 is 19.3. The highest BCUT2D eigenvalue weighted by atomic mass is 19.1. The highest BCUT2D eigenvalue weighted by Crippen LogP contribution is 2.38. The SMILES string of the molecule is CC1Cc2c(c(F)cc3[nH]cc(CC(N)=O)c23)O1. The van der Waals surface area contributed by atoms with Crippen LogP contribution in [0.25, 0.3) is 10.9 Å². The topological polar surface area (TPSA) is 68.1 Å². The van der Waals surface area contributed by atoms with E-state index in [1.807, 2.05) is 6.92 Å². The molecule has 0 aliphatic carbocycles. The standard InChI is InChI=1S/C13H13FN2O2/c1-6-2-8-12-7(3-11(15)17)5-16-10(12)4-9(14)13(8)18-6/h4-6,16H,2-3H2,1H3,(H2,15,17). The molecule has 4 nitrogen and oxygen atoms in total. The van der Waals surface area contributed by atoms with Crippen molar-refractivity contribution in [3.05, 3.63) is 29.2 Å². The molecule has 0 radical (unpaired) electrons. The van der Waals surface area contributed by atoms with E-state index >= 15 is 0 Å². The Morgan fingerprint density at radius 1 is 1.67 bits per heavy atom. The van der Waals surface area contributed by atoms with Crippen LogP contribution in [-0.4, -0.2) is 17.0 Å². The van der Waals surface area contributed by atoms with E-state index < -0.39 is 5.91 Å². The maximum Gasteiger partial charge on any atom is 0.221 e. The molecule has 1 aliphatic heterocycles. The first-order valence-electron chi connectivity index (χ1n) is 5.82. The summed E-state index contributed by atoms with van der Waals surface area (Å²) >= 11 is 0. The monoisotopic (exact) mass is 248 g/mol. The van der Waals surface area contributed by atoms with Crippen molar-refractivity contribution >= 4 is 16.8 Å². The number of rotatable bonds is 2. The van der Waals surface area contributed by atoms with Gasteiger partial charge in [0.15, 0.2) is 11.6 Å². The van der Waals surface area contributed by atoms with E-state index in [0.29, 0.717) is 17.7 Å². The number of primary amides is 1. The van der Waals surface area contributed by atoms with Crippen molar-refractivity contribution in [2.45, 2.75) is 25.9 Å². The highest BCUT2D eigenvalue weighted by molar-refractivity contribution is 5.92. The minimum Gasteiger partial charge on any atom is -0.487 e. The van der Waals surface area contributed by atoms with Gasteiger partial charge in [0.1, 0.15) is 6.10 Å². The summed E-state index contributed by atoms with van der Waals surface area (Å²) in [5.41, 5.74) is 7.53. The minimum atomic E-state index is -0.402. The van der Waals surface area contributed by atoms with E-state index in [1.54, 1.807) is 6.20 Å². The van der Waals surface area contributed by atoms with Crippen molar-refractivity contribution in [2.75, 3.05) is 0 Å². The average Bonchev–Trinajstić information content (AvgIpc) is 2.82. The van der Waals surface area contributed by atoms with E-state index in [-0.39, 0.29) is 18.3 Å². The Morgan fingerprint density at radius 2 is 2.44 bits per heavy atom. The molecule has 0 fully saturated rings. The Morgan fingerprint density at radius 3 is 3.17 bits per heavy atom. The van der Waals surface area contributed by atoms with Crippen LogP contribution in [0.3, 0.4) is 0 Å². The summed E-state index contributed by atoms with van der Waals surface area (Å²) in [7, 11) is 0. The summed E-state index contributed by atoms with van der Waals surface area (Å²) in [6.07, 6.45) is 2.45. The molecule has 94 valence electrons. The molecule has 1 amide bonds. The number of ether oxygens (including phenoxy) is 1. The molecule has 1 unspecified atom stereocenters. The minimum absolute atomic E-state index is 0.0450. The number of fused-ring (bicyclic) bond motifs is 3. The van der Waals surface area contributed by atoms with Crippen LogP contribution >= 0.6 is 0 Å². The van der Waals surface area contributed by atoms with Gasteiger partial charge in [-0.2, -0.15) is 0 Å². The molecule has 1 aromatic heterocycles. The van der Waals surface area contributed by atoms with Crippen molar-refractivity contribution in [1.82, 2.24) is 4.98 Å². The van der Waals surface area contributed by atoms with Crippen molar-refractivity contribution in [3.63, 3.8) is 0 Å². The Balaban J connectivity index is 2.25. The lowest BCUT2D eigenvalue weighted by molar-refractivity contribution is -0.117. The predicted molar refractivity (Wildman–Crippen MR) is 64.9 cm³/mol. The number of carbonyl (C=O) groups excluding carboxylic acids is 1. The van der Waals surface area contributed by atoms with E-state index in [1.165, 1.54) is 6.07 Å². The third kappa shape index (κ3) is 1.54. The van der Waals surface area contributed by atoms with E-state index in [2.05, 4.69) is 4.98 Å². The van der Waals surface area contributed by atoms with Gasteiger partial charge in [-0.15, -0.1) is 0 Å². The van der Waals surface area contributed by atoms with Gasteiger partial charge in [0.2, 0.25) is 5.91 Å². The van der Waals surface area contributed by atoms with Gasteiger partial charge in [-0.25, -0.2) is 4.39 Å². The van der Waals surface area contributed by atoms with Crippen molar-refractivity contribution < 1.29 is 13.9 Å². The maximum absolute atomic E-state index is 13.8. The molecule has 0 spiro atoms. The van der Waals surface area contributed by atoms with Crippen LogP contribution in [0.15, 0.2) is 12.3 Å². The summed E-state index contributed by atoms with van der Waals surface area (Å²) in [5, 5.41) is 0.870. The van der Waals surface area contributed by atoms with Crippen molar-refractivity contribution in [3.8, 4) is 5.75 Å². The summed E-state index contributed by atoms with van der Waals surface area (Å²) in [4.78, 5) is 14.0. The summed E-state index contributed by atoms with van der Waals surface area (Å²) in [6, 6.07) is 1.40. The number of nitrogens with two attached hydrogens (primary N) is 1. The van der Waals surface area contributed by atoms with Crippen LogP contribution in [0.1, 0.15) is 18.1 Å². The second-order valence-electron chi connectivity index (χ2n) is 4.68. The van der Waals surface area contributed by atoms with Crippen molar-refractivity contribution in [1.29, 1.82) is 0 Å². The molecule has 2 heterocycles. The third-order valence-electron chi connectivity index (χ3n) is 3.23. The molecule has 0 saturated heterocycles. The zero-order valence-electron chi connectivity index (χ0n) is 9.92. The number of halogens is 1. The first kappa shape index (κ1) is 11.1. The Bertz CT molecular complexity index is 648. The number of nitrogens with one attached hydrogen (secondary N) is 1. The number of carbonyl (C=O) groups is 1. The Labute approximate surface area is 103 Å². The molecule has 3 N–H and O–H groups in total. The van der Waals surface area contributed by atoms with Crippen LogP contribution in [0.5, 0.6) is 5.75 Å². The molecular weight excluding hydrogens is 235 g/mol. The molecule has 0 bridgehead atoms. The van der Waals surface area contributed by atoms with Crippen molar-refractivity contribution in [2.24, 2.45) is 5.73 Å². The van der Waals surface area contributed by atoms with Gasteiger partial charge in [0, 0.05) is 35.2 Å². The normalized spacial score (nSPS) is 17.8. The third-order valence-corrected chi connectivity index (χ3v) is 3.23. The number of aromatic nitrogens is 1. The second kappa shape index (κ2) is 3.73. The molecule has 1 atom stereocenters. The van der Waals surface area contributed by atoms with Crippen LogP contribution in [0.4, 0.5) is 4.39 Å². The molecule has 3 rings (SSSR count). The quantitative estimate of drug-likeness (QED) is 0.848. The molecule has 0 saturated carbocycles. The predicted octanol–water partition coefficient (Wildman–Crippen LogP) is 1.66. The largest absolute Gasteiger partial charge is 0.487 e. The zero-order chi connectivity index (χ0) is 12.9. The number of amides is 1. The second-order valence-corrected chi connectivity index (χ2v) is 4.68. The molecular formula is C13H13FN2O2.